The van der Waals surface area contributed by atoms with Gasteiger partial charge in [-0.15, -0.1) is 5.10 Å². The molecular formula is C3H5N7O. The summed E-state index contributed by atoms with van der Waals surface area (Å²) in [4.78, 5) is 11.0. The molecule has 1 amide bonds. The summed E-state index contributed by atoms with van der Waals surface area (Å²) in [7, 11) is 0. The first-order valence-corrected chi connectivity index (χ1v) is 2.81. The lowest BCUT2D eigenvalue weighted by Gasteiger charge is -2.21. The van der Waals surface area contributed by atoms with Crippen LogP contribution in [0.25, 0.3) is 0 Å². The molecule has 1 aliphatic rings. The van der Waals surface area contributed by atoms with E-state index < -0.39 is 0 Å². The molecule has 0 aromatic carbocycles. The van der Waals surface area contributed by atoms with Crippen LogP contribution in [0.2, 0.25) is 0 Å². The normalized spacial score (nSPS) is 17.0. The zero-order chi connectivity index (χ0) is 7.84. The van der Waals surface area contributed by atoms with E-state index >= 15 is 0 Å². The highest BCUT2D eigenvalue weighted by Crippen LogP contribution is 2.10. The molecule has 0 unspecified atom stereocenters. The molecule has 0 aliphatic carbocycles. The summed E-state index contributed by atoms with van der Waals surface area (Å²) in [6, 6.07) is 0. The number of carbonyl (C=O) groups excluding carboxylic acids is 1. The molecule has 1 aromatic rings. The van der Waals surface area contributed by atoms with E-state index in [0.29, 0.717) is 5.82 Å². The number of hydrogen-bond donors (Lipinski definition) is 4. The molecule has 1 aliphatic heterocycles. The molecule has 2 heterocycles. The fourth-order valence-corrected chi connectivity index (χ4v) is 0.772. The van der Waals surface area contributed by atoms with Gasteiger partial charge in [0.15, 0.2) is 11.5 Å². The molecule has 0 radical (unpaired) electrons. The van der Waals surface area contributed by atoms with Crippen molar-refractivity contribution in [3.8, 4) is 0 Å². The van der Waals surface area contributed by atoms with Crippen molar-refractivity contribution in [3.05, 3.63) is 5.69 Å². The molecule has 2 rings (SSSR count). The van der Waals surface area contributed by atoms with E-state index in [4.69, 9.17) is 5.84 Å². The zero-order valence-electron chi connectivity index (χ0n) is 5.33. The molecule has 0 saturated carbocycles. The number of amides is 1. The van der Waals surface area contributed by atoms with E-state index in [-0.39, 0.29) is 11.6 Å². The molecule has 0 bridgehead atoms. The minimum absolute atomic E-state index is 0.270. The number of anilines is 1. The van der Waals surface area contributed by atoms with Crippen molar-refractivity contribution in [2.75, 3.05) is 5.43 Å². The van der Waals surface area contributed by atoms with Gasteiger partial charge in [-0.2, -0.15) is 0 Å². The first-order chi connectivity index (χ1) is 5.27. The van der Waals surface area contributed by atoms with Gasteiger partial charge >= 0.3 is 0 Å². The smallest absolute Gasteiger partial charge is 0.268 e. The van der Waals surface area contributed by atoms with Gasteiger partial charge in [0.2, 0.25) is 0 Å². The van der Waals surface area contributed by atoms with Crippen LogP contribution in [0.5, 0.6) is 0 Å². The van der Waals surface area contributed by atoms with Crippen molar-refractivity contribution in [1.29, 1.82) is 0 Å². The second-order valence-corrected chi connectivity index (χ2v) is 1.96. The van der Waals surface area contributed by atoms with Gasteiger partial charge in [-0.3, -0.25) is 20.7 Å². The minimum Gasteiger partial charge on any atom is -0.268 e. The SMILES string of the molecule is NN1NC(=O)c2[nH]nnc2N1. The predicted molar refractivity (Wildman–Crippen MR) is 33.5 cm³/mol. The molecule has 8 heteroatoms. The van der Waals surface area contributed by atoms with Crippen LogP contribution in [0, 0.1) is 0 Å². The van der Waals surface area contributed by atoms with Crippen LogP contribution in [0.15, 0.2) is 0 Å². The minimum atomic E-state index is -0.369. The molecule has 58 valence electrons. The summed E-state index contributed by atoms with van der Waals surface area (Å²) >= 11 is 0. The largest absolute Gasteiger partial charge is 0.290 e. The van der Waals surface area contributed by atoms with Crippen molar-refractivity contribution < 1.29 is 4.79 Å². The second-order valence-electron chi connectivity index (χ2n) is 1.96. The van der Waals surface area contributed by atoms with Crippen LogP contribution >= 0.6 is 0 Å². The molecule has 0 fully saturated rings. The monoisotopic (exact) mass is 155 g/mol. The number of nitrogens with two attached hydrogens (primary N) is 1. The number of fused-ring (bicyclic) bond motifs is 1. The summed E-state index contributed by atoms with van der Waals surface area (Å²) in [5, 5.41) is 10.3. The summed E-state index contributed by atoms with van der Waals surface area (Å²) in [5.74, 6) is 5.15. The van der Waals surface area contributed by atoms with E-state index in [2.05, 4.69) is 26.3 Å². The maximum atomic E-state index is 11.0. The number of H-pyrrole nitrogens is 1. The van der Waals surface area contributed by atoms with E-state index in [9.17, 15) is 4.79 Å². The van der Waals surface area contributed by atoms with Gasteiger partial charge in [0.05, 0.1) is 0 Å². The van der Waals surface area contributed by atoms with Crippen LogP contribution in [0.3, 0.4) is 0 Å². The lowest BCUT2D eigenvalue weighted by Crippen LogP contribution is -2.54. The summed E-state index contributed by atoms with van der Waals surface area (Å²) < 4.78 is 0. The number of carbonyl (C=O) groups is 1. The van der Waals surface area contributed by atoms with Crippen LogP contribution in [0.1, 0.15) is 10.5 Å². The highest BCUT2D eigenvalue weighted by atomic mass is 16.2. The van der Waals surface area contributed by atoms with Gasteiger partial charge in [0.25, 0.3) is 5.91 Å². The van der Waals surface area contributed by atoms with Crippen molar-refractivity contribution in [2.24, 2.45) is 5.84 Å². The van der Waals surface area contributed by atoms with Crippen molar-refractivity contribution in [2.45, 2.75) is 0 Å². The summed E-state index contributed by atoms with van der Waals surface area (Å²) in [5.41, 5.74) is 5.09. The van der Waals surface area contributed by atoms with Gasteiger partial charge in [-0.05, 0) is 0 Å². The van der Waals surface area contributed by atoms with Gasteiger partial charge in [0.1, 0.15) is 0 Å². The molecule has 11 heavy (non-hydrogen) atoms. The Morgan fingerprint density at radius 2 is 2.27 bits per heavy atom. The number of rotatable bonds is 0. The lowest BCUT2D eigenvalue weighted by molar-refractivity contribution is 0.0802. The first-order valence-electron chi connectivity index (χ1n) is 2.81. The quantitative estimate of drug-likeness (QED) is 0.321. The van der Waals surface area contributed by atoms with E-state index in [1.54, 1.807) is 0 Å². The third-order valence-corrected chi connectivity index (χ3v) is 1.22. The van der Waals surface area contributed by atoms with E-state index in [1.165, 1.54) is 0 Å². The number of aromatic amines is 1. The molecule has 1 aromatic heterocycles. The van der Waals surface area contributed by atoms with Crippen LogP contribution in [-0.4, -0.2) is 26.5 Å². The van der Waals surface area contributed by atoms with Crippen LogP contribution < -0.4 is 16.7 Å². The number of hydrogen-bond acceptors (Lipinski definition) is 6. The highest BCUT2D eigenvalue weighted by Gasteiger charge is 2.22. The van der Waals surface area contributed by atoms with Crippen molar-refractivity contribution >= 4 is 11.7 Å². The maximum Gasteiger partial charge on any atom is 0.290 e. The molecule has 5 N–H and O–H groups in total. The third-order valence-electron chi connectivity index (χ3n) is 1.22. The third kappa shape index (κ3) is 0.808. The average Bonchev–Trinajstić information content (AvgIpc) is 2.34. The standard InChI is InChI=1S/C3H5N7O/c4-10-7-2-1(3(11)8-10)5-9-6-2/h4H2,(H,8,11)(H2,5,6,7,9). The topological polar surface area (TPSA) is 112 Å². The number of aromatic nitrogens is 3. The Morgan fingerprint density at radius 3 is 3.09 bits per heavy atom. The number of nitrogens with zero attached hydrogens (tertiary/aromatic N) is 3. The Balaban J connectivity index is 2.44. The van der Waals surface area contributed by atoms with Gasteiger partial charge in [-0.1, -0.05) is 10.4 Å². The number of hydrazine groups is 3. The van der Waals surface area contributed by atoms with Crippen molar-refractivity contribution in [3.63, 3.8) is 0 Å². The fourth-order valence-electron chi connectivity index (χ4n) is 0.772. The number of nitrogens with one attached hydrogen (secondary N) is 3. The molecule has 8 nitrogen and oxygen atoms in total. The Bertz CT molecular complexity index is 292. The fraction of sp³-hybridized carbons (Fsp3) is 0. The van der Waals surface area contributed by atoms with Crippen LogP contribution in [-0.2, 0) is 0 Å². The zero-order valence-corrected chi connectivity index (χ0v) is 5.33. The molecular weight excluding hydrogens is 150 g/mol. The first kappa shape index (κ1) is 6.07. The average molecular weight is 155 g/mol. The Kier molecular flexibility index (Phi) is 1.05. The Labute approximate surface area is 60.6 Å². The van der Waals surface area contributed by atoms with Crippen LogP contribution in [0.4, 0.5) is 5.82 Å². The summed E-state index contributed by atoms with van der Waals surface area (Å²) in [6.07, 6.45) is 0. The molecule has 0 atom stereocenters. The van der Waals surface area contributed by atoms with E-state index in [1.807, 2.05) is 0 Å². The van der Waals surface area contributed by atoms with E-state index in [0.717, 1.165) is 5.23 Å². The maximum absolute atomic E-state index is 11.0. The van der Waals surface area contributed by atoms with Crippen molar-refractivity contribution in [1.82, 2.24) is 26.1 Å². The van der Waals surface area contributed by atoms with Gasteiger partial charge in [-0.25, -0.2) is 5.84 Å². The summed E-state index contributed by atoms with van der Waals surface area (Å²) in [6.45, 7) is 0. The Morgan fingerprint density at radius 1 is 1.45 bits per heavy atom. The highest BCUT2D eigenvalue weighted by molar-refractivity contribution is 5.97. The molecule has 0 spiro atoms. The van der Waals surface area contributed by atoms with Gasteiger partial charge in [0, 0.05) is 0 Å². The lowest BCUT2D eigenvalue weighted by atomic mass is 10.4. The Hall–Kier alpha value is -1.67. The second kappa shape index (κ2) is 1.90. The van der Waals surface area contributed by atoms with Gasteiger partial charge < -0.3 is 0 Å². The molecule has 0 saturated heterocycles. The predicted octanol–water partition coefficient (Wildman–Crippen LogP) is -2.03.